The van der Waals surface area contributed by atoms with Crippen molar-refractivity contribution in [2.75, 3.05) is 4.90 Å². The molecule has 0 atom stereocenters. The Labute approximate surface area is 278 Å². The van der Waals surface area contributed by atoms with Gasteiger partial charge in [-0.2, -0.15) is 0 Å². The fourth-order valence-electron chi connectivity index (χ4n) is 6.66. The molecule has 226 valence electrons. The monoisotopic (exact) mass is 615 g/mol. The van der Waals surface area contributed by atoms with Crippen molar-refractivity contribution in [2.45, 2.75) is 0 Å². The molecule has 0 aliphatic rings. The summed E-state index contributed by atoms with van der Waals surface area (Å²) in [6, 6.07) is 60.6. The number of benzene rings is 7. The lowest BCUT2D eigenvalue weighted by atomic mass is 9.98. The third kappa shape index (κ3) is 4.79. The second-order valence-corrected chi connectivity index (χ2v) is 11.8. The minimum absolute atomic E-state index is 0.670. The number of para-hydroxylation sites is 2. The lowest BCUT2D eigenvalue weighted by Crippen LogP contribution is -2.09. The van der Waals surface area contributed by atoms with Gasteiger partial charge in [-0.05, 0) is 53.9 Å². The summed E-state index contributed by atoms with van der Waals surface area (Å²) in [6.07, 6.45) is 0. The predicted octanol–water partition coefficient (Wildman–Crippen LogP) is 12.0. The van der Waals surface area contributed by atoms with Crippen molar-refractivity contribution in [2.24, 2.45) is 0 Å². The van der Waals surface area contributed by atoms with Crippen LogP contribution in [0.2, 0.25) is 0 Å². The highest BCUT2D eigenvalue weighted by atomic mass is 16.3. The van der Waals surface area contributed by atoms with Crippen molar-refractivity contribution in [1.82, 2.24) is 9.97 Å². The Hall–Kier alpha value is -6.52. The minimum Gasteiger partial charge on any atom is -0.455 e. The maximum Gasteiger partial charge on any atom is 0.161 e. The summed E-state index contributed by atoms with van der Waals surface area (Å²) in [5.74, 6) is 0.670. The molecule has 48 heavy (non-hydrogen) atoms. The first-order chi connectivity index (χ1) is 23.8. The van der Waals surface area contributed by atoms with Crippen LogP contribution in [-0.2, 0) is 0 Å². The molecular formula is C44H29N3O. The molecule has 0 spiro atoms. The quantitative estimate of drug-likeness (QED) is 0.187. The topological polar surface area (TPSA) is 42.2 Å². The first kappa shape index (κ1) is 27.8. The highest BCUT2D eigenvalue weighted by Gasteiger charge is 2.22. The second kappa shape index (κ2) is 11.7. The number of furan rings is 1. The number of hydrogen-bond acceptors (Lipinski definition) is 4. The van der Waals surface area contributed by atoms with Gasteiger partial charge in [-0.25, -0.2) is 9.97 Å². The molecule has 0 radical (unpaired) electrons. The Balaban J connectivity index is 1.35. The summed E-state index contributed by atoms with van der Waals surface area (Å²) in [5.41, 5.74) is 9.64. The van der Waals surface area contributed by atoms with Crippen molar-refractivity contribution in [3.05, 3.63) is 176 Å². The van der Waals surface area contributed by atoms with Gasteiger partial charge in [0.25, 0.3) is 0 Å². The molecule has 0 N–H and O–H groups in total. The van der Waals surface area contributed by atoms with E-state index in [1.54, 1.807) is 0 Å². The molecular weight excluding hydrogens is 587 g/mol. The Morgan fingerprint density at radius 1 is 0.438 bits per heavy atom. The van der Waals surface area contributed by atoms with Crippen LogP contribution in [0.4, 0.5) is 17.1 Å². The number of anilines is 3. The van der Waals surface area contributed by atoms with Gasteiger partial charge in [0.15, 0.2) is 5.82 Å². The van der Waals surface area contributed by atoms with Crippen molar-refractivity contribution in [3.8, 4) is 33.9 Å². The standard InChI is InChI=1S/C44H29N3O/c1-5-16-30(17-6-1)38-29-39(31-18-7-2-8-19-31)46-44(45-38)36-28-37-42-40(47(32-20-9-3-10-21-32)33-22-11-4-12-23-33)26-15-27-41(42)48-43(37)35-25-14-13-24-34(35)36/h1-29H. The van der Waals surface area contributed by atoms with Crippen LogP contribution in [0, 0.1) is 0 Å². The van der Waals surface area contributed by atoms with E-state index in [9.17, 15) is 0 Å². The number of nitrogens with zero attached hydrogens (tertiary/aromatic N) is 3. The van der Waals surface area contributed by atoms with E-state index < -0.39 is 0 Å². The van der Waals surface area contributed by atoms with Crippen LogP contribution in [0.25, 0.3) is 66.6 Å². The van der Waals surface area contributed by atoms with E-state index in [1.165, 1.54) is 0 Å². The minimum atomic E-state index is 0.670. The van der Waals surface area contributed by atoms with Crippen molar-refractivity contribution < 1.29 is 4.42 Å². The van der Waals surface area contributed by atoms with Crippen LogP contribution in [0.5, 0.6) is 0 Å². The molecule has 9 aromatic rings. The SMILES string of the molecule is c1ccc(-c2cc(-c3ccccc3)nc(-c3cc4c(oc5cccc(N(c6ccccc6)c6ccccc6)c54)c4ccccc34)n2)cc1. The summed E-state index contributed by atoms with van der Waals surface area (Å²) in [4.78, 5) is 12.7. The van der Waals surface area contributed by atoms with Gasteiger partial charge in [-0.3, -0.25) is 0 Å². The van der Waals surface area contributed by atoms with Crippen LogP contribution < -0.4 is 4.90 Å². The zero-order chi connectivity index (χ0) is 31.9. The molecule has 0 aliphatic carbocycles. The van der Waals surface area contributed by atoms with Gasteiger partial charge in [0.05, 0.1) is 22.5 Å². The molecule has 7 aromatic carbocycles. The van der Waals surface area contributed by atoms with E-state index in [0.29, 0.717) is 5.82 Å². The molecule has 4 nitrogen and oxygen atoms in total. The van der Waals surface area contributed by atoms with Gasteiger partial charge in [-0.1, -0.05) is 127 Å². The van der Waals surface area contributed by atoms with Gasteiger partial charge in [0, 0.05) is 38.8 Å². The van der Waals surface area contributed by atoms with Crippen LogP contribution in [-0.4, -0.2) is 9.97 Å². The van der Waals surface area contributed by atoms with E-state index >= 15 is 0 Å². The van der Waals surface area contributed by atoms with Crippen LogP contribution in [0.3, 0.4) is 0 Å². The first-order valence-corrected chi connectivity index (χ1v) is 16.1. The first-order valence-electron chi connectivity index (χ1n) is 16.1. The molecule has 0 amide bonds. The van der Waals surface area contributed by atoms with Gasteiger partial charge in [-0.15, -0.1) is 0 Å². The third-order valence-corrected chi connectivity index (χ3v) is 8.86. The Kier molecular flexibility index (Phi) is 6.76. The average Bonchev–Trinajstić information content (AvgIpc) is 3.56. The van der Waals surface area contributed by atoms with E-state index in [4.69, 9.17) is 14.4 Å². The molecule has 2 aromatic heterocycles. The number of hydrogen-bond donors (Lipinski definition) is 0. The maximum atomic E-state index is 6.74. The van der Waals surface area contributed by atoms with Gasteiger partial charge in [0.1, 0.15) is 11.2 Å². The van der Waals surface area contributed by atoms with Crippen LogP contribution >= 0.6 is 0 Å². The van der Waals surface area contributed by atoms with Crippen LogP contribution in [0.1, 0.15) is 0 Å². The van der Waals surface area contributed by atoms with E-state index in [0.717, 1.165) is 77.9 Å². The lowest BCUT2D eigenvalue weighted by Gasteiger charge is -2.26. The molecule has 0 saturated carbocycles. The molecule has 9 rings (SSSR count). The van der Waals surface area contributed by atoms with Gasteiger partial charge in [0.2, 0.25) is 0 Å². The third-order valence-electron chi connectivity index (χ3n) is 8.86. The fraction of sp³-hybridized carbons (Fsp3) is 0. The highest BCUT2D eigenvalue weighted by molar-refractivity contribution is 6.22. The van der Waals surface area contributed by atoms with E-state index in [-0.39, 0.29) is 0 Å². The van der Waals surface area contributed by atoms with Gasteiger partial charge < -0.3 is 9.32 Å². The zero-order valence-corrected chi connectivity index (χ0v) is 26.0. The summed E-state index contributed by atoms with van der Waals surface area (Å²) < 4.78 is 6.74. The molecule has 2 heterocycles. The molecule has 0 aliphatic heterocycles. The maximum absolute atomic E-state index is 6.74. The predicted molar refractivity (Wildman–Crippen MR) is 198 cm³/mol. The molecule has 0 unspecified atom stereocenters. The zero-order valence-electron chi connectivity index (χ0n) is 26.0. The van der Waals surface area contributed by atoms with E-state index in [1.807, 2.05) is 48.5 Å². The number of fused-ring (bicyclic) bond motifs is 5. The fourth-order valence-corrected chi connectivity index (χ4v) is 6.66. The molecule has 0 fully saturated rings. The van der Waals surface area contributed by atoms with Crippen molar-refractivity contribution >= 4 is 49.8 Å². The number of rotatable bonds is 6. The van der Waals surface area contributed by atoms with Crippen molar-refractivity contribution in [3.63, 3.8) is 0 Å². The average molecular weight is 616 g/mol. The molecule has 0 bridgehead atoms. The largest absolute Gasteiger partial charge is 0.455 e. The smallest absolute Gasteiger partial charge is 0.161 e. The van der Waals surface area contributed by atoms with Gasteiger partial charge >= 0.3 is 0 Å². The summed E-state index contributed by atoms with van der Waals surface area (Å²) in [7, 11) is 0. The number of aromatic nitrogens is 2. The highest BCUT2D eigenvalue weighted by Crippen LogP contribution is 2.46. The lowest BCUT2D eigenvalue weighted by molar-refractivity contribution is 0.672. The van der Waals surface area contributed by atoms with Crippen LogP contribution in [0.15, 0.2) is 180 Å². The second-order valence-electron chi connectivity index (χ2n) is 11.8. The Morgan fingerprint density at radius 2 is 0.958 bits per heavy atom. The summed E-state index contributed by atoms with van der Waals surface area (Å²) in [5, 5.41) is 4.11. The summed E-state index contributed by atoms with van der Waals surface area (Å²) in [6.45, 7) is 0. The Bertz CT molecular complexity index is 2450. The van der Waals surface area contributed by atoms with Crippen molar-refractivity contribution in [1.29, 1.82) is 0 Å². The molecule has 4 heteroatoms. The van der Waals surface area contributed by atoms with E-state index in [2.05, 4.69) is 132 Å². The normalized spacial score (nSPS) is 11.3. The Morgan fingerprint density at radius 3 is 1.54 bits per heavy atom. The molecule has 0 saturated heterocycles. The summed E-state index contributed by atoms with van der Waals surface area (Å²) >= 11 is 0.